The van der Waals surface area contributed by atoms with Crippen molar-refractivity contribution in [3.63, 3.8) is 0 Å². The number of nitrogens with zero attached hydrogens (tertiary/aromatic N) is 1. The number of urea groups is 1. The van der Waals surface area contributed by atoms with Gasteiger partial charge in [-0.25, -0.2) is 4.79 Å². The standard InChI is InChI=1S/C14H26N2O2S/c1-11-5-8-19-9-7-16(11)13(17)15-10-12-4-6-14(2,3)18-12/h11-12H,4-10H2,1-3H3,(H,15,17). The molecule has 2 aliphatic heterocycles. The third-order valence-electron chi connectivity index (χ3n) is 3.98. The predicted molar refractivity (Wildman–Crippen MR) is 79.7 cm³/mol. The highest BCUT2D eigenvalue weighted by Gasteiger charge is 2.32. The number of thioether (sulfide) groups is 1. The minimum atomic E-state index is -0.0259. The van der Waals surface area contributed by atoms with E-state index in [1.807, 2.05) is 16.7 Å². The van der Waals surface area contributed by atoms with Crippen LogP contribution in [0.1, 0.15) is 40.0 Å². The Morgan fingerprint density at radius 3 is 2.89 bits per heavy atom. The smallest absolute Gasteiger partial charge is 0.317 e. The molecule has 2 amide bonds. The van der Waals surface area contributed by atoms with Crippen molar-refractivity contribution in [2.24, 2.45) is 0 Å². The molecule has 0 bridgehead atoms. The number of hydrogen-bond donors (Lipinski definition) is 1. The first-order chi connectivity index (χ1) is 8.98. The van der Waals surface area contributed by atoms with Gasteiger partial charge >= 0.3 is 6.03 Å². The summed E-state index contributed by atoms with van der Waals surface area (Å²) >= 11 is 1.94. The molecular weight excluding hydrogens is 260 g/mol. The van der Waals surface area contributed by atoms with E-state index in [1.165, 1.54) is 0 Å². The summed E-state index contributed by atoms with van der Waals surface area (Å²) in [5, 5.41) is 3.04. The summed E-state index contributed by atoms with van der Waals surface area (Å²) in [7, 11) is 0. The van der Waals surface area contributed by atoms with Gasteiger partial charge in [0.15, 0.2) is 0 Å². The van der Waals surface area contributed by atoms with E-state index in [1.54, 1.807) is 0 Å². The van der Waals surface area contributed by atoms with E-state index in [4.69, 9.17) is 4.74 Å². The number of rotatable bonds is 2. The number of ether oxygens (including phenoxy) is 1. The van der Waals surface area contributed by atoms with Crippen LogP contribution in [-0.2, 0) is 4.74 Å². The van der Waals surface area contributed by atoms with Gasteiger partial charge in [0.2, 0.25) is 0 Å². The zero-order valence-corrected chi connectivity index (χ0v) is 13.1. The van der Waals surface area contributed by atoms with Crippen molar-refractivity contribution < 1.29 is 9.53 Å². The van der Waals surface area contributed by atoms with Gasteiger partial charge in [-0.05, 0) is 45.8 Å². The van der Waals surface area contributed by atoms with Gasteiger partial charge in [-0.1, -0.05) is 0 Å². The van der Waals surface area contributed by atoms with E-state index in [0.717, 1.165) is 37.3 Å². The Bertz CT molecular complexity index is 323. The lowest BCUT2D eigenvalue weighted by atomic mass is 10.1. The quantitative estimate of drug-likeness (QED) is 0.848. The van der Waals surface area contributed by atoms with Crippen LogP contribution in [0.15, 0.2) is 0 Å². The van der Waals surface area contributed by atoms with Crippen LogP contribution in [0.3, 0.4) is 0 Å². The summed E-state index contributed by atoms with van der Waals surface area (Å²) in [6.07, 6.45) is 3.38. The molecule has 0 spiro atoms. The Morgan fingerprint density at radius 1 is 1.42 bits per heavy atom. The van der Waals surface area contributed by atoms with Crippen LogP contribution in [0, 0.1) is 0 Å². The predicted octanol–water partition coefficient (Wildman–Crippen LogP) is 2.48. The Labute approximate surface area is 120 Å². The first-order valence-electron chi connectivity index (χ1n) is 7.28. The Kier molecular flexibility index (Phi) is 5.01. The minimum Gasteiger partial charge on any atom is -0.371 e. The molecule has 0 aliphatic carbocycles. The molecule has 2 saturated heterocycles. The molecule has 110 valence electrons. The van der Waals surface area contributed by atoms with Crippen LogP contribution in [0.4, 0.5) is 4.79 Å². The highest BCUT2D eigenvalue weighted by Crippen LogP contribution is 2.28. The van der Waals surface area contributed by atoms with Gasteiger partial charge in [-0.2, -0.15) is 11.8 Å². The van der Waals surface area contributed by atoms with Crippen LogP contribution >= 0.6 is 11.8 Å². The number of carbonyl (C=O) groups is 1. The van der Waals surface area contributed by atoms with Gasteiger partial charge in [0.1, 0.15) is 0 Å². The number of carbonyl (C=O) groups excluding carboxylic acids is 1. The summed E-state index contributed by atoms with van der Waals surface area (Å²) in [6.45, 7) is 7.86. The second kappa shape index (κ2) is 6.35. The molecule has 2 atom stereocenters. The van der Waals surface area contributed by atoms with Crippen molar-refractivity contribution in [1.29, 1.82) is 0 Å². The number of hydrogen-bond acceptors (Lipinski definition) is 3. The molecule has 19 heavy (non-hydrogen) atoms. The lowest BCUT2D eigenvalue weighted by molar-refractivity contribution is -0.0136. The van der Waals surface area contributed by atoms with Crippen molar-refractivity contribution in [3.8, 4) is 0 Å². The Balaban J connectivity index is 1.77. The maximum absolute atomic E-state index is 12.2. The maximum atomic E-state index is 12.2. The molecule has 2 heterocycles. The van der Waals surface area contributed by atoms with Crippen molar-refractivity contribution in [2.75, 3.05) is 24.6 Å². The lowest BCUT2D eigenvalue weighted by Gasteiger charge is -2.28. The average Bonchev–Trinajstić information content (AvgIpc) is 2.56. The van der Waals surface area contributed by atoms with Crippen LogP contribution in [0.25, 0.3) is 0 Å². The largest absolute Gasteiger partial charge is 0.371 e. The molecule has 0 aromatic rings. The number of nitrogens with one attached hydrogen (secondary N) is 1. The SMILES string of the molecule is CC1CCSCCN1C(=O)NCC1CCC(C)(C)O1. The molecule has 4 nitrogen and oxygen atoms in total. The molecule has 2 rings (SSSR count). The second-order valence-corrected chi connectivity index (χ2v) is 7.39. The van der Waals surface area contributed by atoms with Crippen LogP contribution in [0.5, 0.6) is 0 Å². The Hall–Kier alpha value is -0.420. The maximum Gasteiger partial charge on any atom is 0.317 e. The van der Waals surface area contributed by atoms with Crippen LogP contribution < -0.4 is 5.32 Å². The van der Waals surface area contributed by atoms with Crippen LogP contribution in [0.2, 0.25) is 0 Å². The normalized spacial score (nSPS) is 31.0. The van der Waals surface area contributed by atoms with E-state index in [2.05, 4.69) is 26.1 Å². The van der Waals surface area contributed by atoms with Crippen molar-refractivity contribution >= 4 is 17.8 Å². The van der Waals surface area contributed by atoms with Gasteiger partial charge in [0.25, 0.3) is 0 Å². The van der Waals surface area contributed by atoms with Gasteiger partial charge in [-0.3, -0.25) is 0 Å². The second-order valence-electron chi connectivity index (χ2n) is 6.17. The zero-order chi connectivity index (χ0) is 13.9. The molecule has 0 aromatic heterocycles. The van der Waals surface area contributed by atoms with E-state index in [0.29, 0.717) is 12.6 Å². The molecule has 2 aliphatic rings. The van der Waals surface area contributed by atoms with E-state index < -0.39 is 0 Å². The molecule has 2 fully saturated rings. The molecule has 1 N–H and O–H groups in total. The van der Waals surface area contributed by atoms with Crippen molar-refractivity contribution in [3.05, 3.63) is 0 Å². The highest BCUT2D eigenvalue weighted by atomic mass is 32.2. The van der Waals surface area contributed by atoms with Crippen LogP contribution in [-0.4, -0.2) is 53.3 Å². The van der Waals surface area contributed by atoms with E-state index in [-0.39, 0.29) is 17.7 Å². The Morgan fingerprint density at radius 2 is 2.21 bits per heavy atom. The highest BCUT2D eigenvalue weighted by molar-refractivity contribution is 7.99. The molecular formula is C14H26N2O2S. The summed E-state index contributed by atoms with van der Waals surface area (Å²) in [6, 6.07) is 0.416. The van der Waals surface area contributed by atoms with Gasteiger partial charge in [-0.15, -0.1) is 0 Å². The third kappa shape index (κ3) is 4.28. The summed E-state index contributed by atoms with van der Waals surface area (Å²) in [5.41, 5.74) is -0.0259. The monoisotopic (exact) mass is 286 g/mol. The zero-order valence-electron chi connectivity index (χ0n) is 12.3. The van der Waals surface area contributed by atoms with Gasteiger partial charge < -0.3 is 15.0 Å². The van der Waals surface area contributed by atoms with Crippen molar-refractivity contribution in [2.45, 2.75) is 57.8 Å². The fourth-order valence-corrected chi connectivity index (χ4v) is 3.76. The van der Waals surface area contributed by atoms with E-state index in [9.17, 15) is 4.79 Å². The molecule has 5 heteroatoms. The summed E-state index contributed by atoms with van der Waals surface area (Å²) in [5.74, 6) is 2.20. The molecule has 2 unspecified atom stereocenters. The molecule has 0 saturated carbocycles. The minimum absolute atomic E-state index is 0.0259. The van der Waals surface area contributed by atoms with Gasteiger partial charge in [0, 0.05) is 24.9 Å². The fraction of sp³-hybridized carbons (Fsp3) is 0.929. The number of amides is 2. The third-order valence-corrected chi connectivity index (χ3v) is 4.98. The first kappa shape index (κ1) is 15.0. The summed E-state index contributed by atoms with van der Waals surface area (Å²) in [4.78, 5) is 14.2. The van der Waals surface area contributed by atoms with E-state index >= 15 is 0 Å². The lowest BCUT2D eigenvalue weighted by Crippen LogP contribution is -2.47. The molecule has 0 aromatic carbocycles. The van der Waals surface area contributed by atoms with Crippen molar-refractivity contribution in [1.82, 2.24) is 10.2 Å². The fourth-order valence-electron chi connectivity index (χ4n) is 2.72. The summed E-state index contributed by atoms with van der Waals surface area (Å²) < 4.78 is 5.90. The topological polar surface area (TPSA) is 41.6 Å². The first-order valence-corrected chi connectivity index (χ1v) is 8.43. The molecule has 0 radical (unpaired) electrons. The van der Waals surface area contributed by atoms with Gasteiger partial charge in [0.05, 0.1) is 11.7 Å². The average molecular weight is 286 g/mol.